The molecule has 3 rings (SSSR count). The Morgan fingerprint density at radius 3 is 2.68 bits per heavy atom. The van der Waals surface area contributed by atoms with Crippen LogP contribution in [-0.4, -0.2) is 28.5 Å². The molecule has 2 aromatic carbocycles. The molecule has 1 amide bonds. The Morgan fingerprint density at radius 1 is 1.21 bits per heavy atom. The summed E-state index contributed by atoms with van der Waals surface area (Å²) in [5.74, 6) is 0.164. The number of halogens is 2. The Kier molecular flexibility index (Phi) is 6.34. The number of hydrazone groups is 1. The van der Waals surface area contributed by atoms with Gasteiger partial charge in [-0.25, -0.2) is 10.1 Å². The lowest BCUT2D eigenvalue weighted by Gasteiger charge is -2.06. The minimum atomic E-state index is -0.395. The first kappa shape index (κ1) is 19.9. The molecule has 0 bridgehead atoms. The average molecular weight is 417 g/mol. The number of benzene rings is 2. The van der Waals surface area contributed by atoms with Gasteiger partial charge in [-0.15, -0.1) is 0 Å². The number of amides is 1. The molecule has 6 nitrogen and oxygen atoms in total. The molecule has 0 fully saturated rings. The van der Waals surface area contributed by atoms with Gasteiger partial charge in [0.1, 0.15) is 10.9 Å². The van der Waals surface area contributed by atoms with Crippen molar-refractivity contribution in [1.29, 1.82) is 0 Å². The van der Waals surface area contributed by atoms with Crippen LogP contribution in [0.2, 0.25) is 10.2 Å². The van der Waals surface area contributed by atoms with Gasteiger partial charge in [0.2, 0.25) is 0 Å². The Morgan fingerprint density at radius 2 is 1.96 bits per heavy atom. The molecule has 28 heavy (non-hydrogen) atoms. The van der Waals surface area contributed by atoms with Gasteiger partial charge in [-0.1, -0.05) is 41.4 Å². The fraction of sp³-hybridized carbons (Fsp3) is 0.150. The first-order chi connectivity index (χ1) is 13.5. The van der Waals surface area contributed by atoms with Gasteiger partial charge in [-0.05, 0) is 49.7 Å². The van der Waals surface area contributed by atoms with E-state index in [0.29, 0.717) is 27.2 Å². The minimum absolute atomic E-state index is 0.172. The predicted molar refractivity (Wildman–Crippen MR) is 111 cm³/mol. The summed E-state index contributed by atoms with van der Waals surface area (Å²) in [6.45, 7) is 3.51. The smallest absolute Gasteiger partial charge is 0.277 e. The van der Waals surface area contributed by atoms with Crippen LogP contribution < -0.4 is 10.2 Å². The van der Waals surface area contributed by atoms with Crippen molar-refractivity contribution in [3.05, 3.63) is 75.5 Å². The second-order valence-corrected chi connectivity index (χ2v) is 6.80. The highest BCUT2D eigenvalue weighted by atomic mass is 35.5. The Balaban J connectivity index is 1.60. The summed E-state index contributed by atoms with van der Waals surface area (Å²) in [6.07, 6.45) is 1.47. The summed E-state index contributed by atoms with van der Waals surface area (Å²) in [5.41, 5.74) is 5.45. The molecule has 0 spiro atoms. The topological polar surface area (TPSA) is 68.5 Å². The zero-order valence-corrected chi connectivity index (χ0v) is 16.8. The average Bonchev–Trinajstić information content (AvgIpc) is 2.98. The van der Waals surface area contributed by atoms with Crippen LogP contribution in [0.5, 0.6) is 5.75 Å². The van der Waals surface area contributed by atoms with Crippen molar-refractivity contribution in [2.75, 3.05) is 6.61 Å². The number of hydrogen-bond donors (Lipinski definition) is 1. The molecular formula is C20H18Cl2N4O2. The van der Waals surface area contributed by atoms with E-state index in [4.69, 9.17) is 27.9 Å². The number of rotatable bonds is 6. The quantitative estimate of drug-likeness (QED) is 0.480. The fourth-order valence-electron chi connectivity index (χ4n) is 2.46. The first-order valence-corrected chi connectivity index (χ1v) is 9.22. The normalized spacial score (nSPS) is 11.0. The maximum absolute atomic E-state index is 11.9. The summed E-state index contributed by atoms with van der Waals surface area (Å²) in [6, 6.07) is 14.7. The maximum Gasteiger partial charge on any atom is 0.277 e. The number of aromatic nitrogens is 2. The standard InChI is InChI=1S/C20H18Cl2N4O2/c1-13-10-16(8-9-18(13)21)28-12-19(27)24-23-11-17-14(2)25-26(20(17)22)15-6-4-3-5-7-15/h3-11H,12H2,1-2H3,(H,24,27). The van der Waals surface area contributed by atoms with Crippen LogP contribution in [-0.2, 0) is 4.79 Å². The molecule has 8 heteroatoms. The molecule has 0 saturated carbocycles. The van der Waals surface area contributed by atoms with Gasteiger partial charge in [0.05, 0.1) is 23.2 Å². The number of ether oxygens (including phenoxy) is 1. The third-order valence-electron chi connectivity index (χ3n) is 3.93. The van der Waals surface area contributed by atoms with E-state index in [-0.39, 0.29) is 6.61 Å². The van der Waals surface area contributed by atoms with Crippen LogP contribution in [0.3, 0.4) is 0 Å². The lowest BCUT2D eigenvalue weighted by Crippen LogP contribution is -2.24. The van der Waals surface area contributed by atoms with Crippen molar-refractivity contribution in [3.8, 4) is 11.4 Å². The number of para-hydroxylation sites is 1. The van der Waals surface area contributed by atoms with E-state index in [1.165, 1.54) is 6.21 Å². The molecular weight excluding hydrogens is 399 g/mol. The van der Waals surface area contributed by atoms with E-state index in [2.05, 4.69) is 15.6 Å². The van der Waals surface area contributed by atoms with Gasteiger partial charge in [-0.3, -0.25) is 4.79 Å². The van der Waals surface area contributed by atoms with E-state index >= 15 is 0 Å². The van der Waals surface area contributed by atoms with Crippen LogP contribution in [0, 0.1) is 13.8 Å². The van der Waals surface area contributed by atoms with Gasteiger partial charge in [0.25, 0.3) is 5.91 Å². The first-order valence-electron chi connectivity index (χ1n) is 8.47. The summed E-state index contributed by atoms with van der Waals surface area (Å²) < 4.78 is 7.05. The molecule has 1 N–H and O–H groups in total. The highest BCUT2D eigenvalue weighted by molar-refractivity contribution is 6.32. The summed E-state index contributed by atoms with van der Waals surface area (Å²) in [4.78, 5) is 11.9. The minimum Gasteiger partial charge on any atom is -0.484 e. The molecule has 0 unspecified atom stereocenters. The van der Waals surface area contributed by atoms with Gasteiger partial charge in [0, 0.05) is 5.02 Å². The van der Waals surface area contributed by atoms with Crippen molar-refractivity contribution >= 4 is 35.3 Å². The number of aryl methyl sites for hydroxylation is 2. The lowest BCUT2D eigenvalue weighted by atomic mass is 10.2. The Bertz CT molecular complexity index is 1020. The predicted octanol–water partition coefficient (Wildman–Crippen LogP) is 4.33. The van der Waals surface area contributed by atoms with Crippen molar-refractivity contribution in [2.24, 2.45) is 5.10 Å². The van der Waals surface area contributed by atoms with Crippen LogP contribution in [0.1, 0.15) is 16.8 Å². The third-order valence-corrected chi connectivity index (χ3v) is 4.72. The number of carbonyl (C=O) groups is 1. The Hall–Kier alpha value is -2.83. The van der Waals surface area contributed by atoms with Crippen LogP contribution in [0.4, 0.5) is 0 Å². The van der Waals surface area contributed by atoms with E-state index in [1.807, 2.05) is 44.2 Å². The van der Waals surface area contributed by atoms with Crippen LogP contribution in [0.25, 0.3) is 5.69 Å². The molecule has 0 saturated heterocycles. The van der Waals surface area contributed by atoms with Crippen molar-refractivity contribution < 1.29 is 9.53 Å². The second-order valence-electron chi connectivity index (χ2n) is 6.03. The van der Waals surface area contributed by atoms with E-state index in [0.717, 1.165) is 11.3 Å². The van der Waals surface area contributed by atoms with Crippen LogP contribution >= 0.6 is 23.2 Å². The second kappa shape index (κ2) is 8.91. The number of nitrogens with zero attached hydrogens (tertiary/aromatic N) is 3. The van der Waals surface area contributed by atoms with Gasteiger partial charge < -0.3 is 4.74 Å². The summed E-state index contributed by atoms with van der Waals surface area (Å²) in [5, 5.41) is 9.42. The van der Waals surface area contributed by atoms with E-state index < -0.39 is 5.91 Å². The van der Waals surface area contributed by atoms with Crippen LogP contribution in [0.15, 0.2) is 53.6 Å². The zero-order valence-electron chi connectivity index (χ0n) is 15.3. The molecule has 144 valence electrons. The zero-order chi connectivity index (χ0) is 20.1. The number of nitrogens with one attached hydrogen (secondary N) is 1. The number of hydrogen-bond acceptors (Lipinski definition) is 4. The molecule has 0 aliphatic heterocycles. The molecule has 1 heterocycles. The van der Waals surface area contributed by atoms with Gasteiger partial charge in [0.15, 0.2) is 6.61 Å². The lowest BCUT2D eigenvalue weighted by molar-refractivity contribution is -0.123. The van der Waals surface area contributed by atoms with Crippen molar-refractivity contribution in [3.63, 3.8) is 0 Å². The molecule has 3 aromatic rings. The summed E-state index contributed by atoms with van der Waals surface area (Å²) >= 11 is 12.4. The highest BCUT2D eigenvalue weighted by Gasteiger charge is 2.13. The molecule has 0 atom stereocenters. The largest absolute Gasteiger partial charge is 0.484 e. The molecule has 0 radical (unpaired) electrons. The Labute approximate surface area is 172 Å². The highest BCUT2D eigenvalue weighted by Crippen LogP contribution is 2.22. The van der Waals surface area contributed by atoms with E-state index in [9.17, 15) is 4.79 Å². The van der Waals surface area contributed by atoms with Crippen molar-refractivity contribution in [2.45, 2.75) is 13.8 Å². The molecule has 0 aliphatic carbocycles. The van der Waals surface area contributed by atoms with Gasteiger partial charge in [-0.2, -0.15) is 10.2 Å². The SMILES string of the molecule is Cc1cc(OCC(=O)NN=Cc2c(C)nn(-c3ccccc3)c2Cl)ccc1Cl. The number of carbonyl (C=O) groups excluding carboxylic acids is 1. The van der Waals surface area contributed by atoms with Gasteiger partial charge >= 0.3 is 0 Å². The molecule has 1 aromatic heterocycles. The monoisotopic (exact) mass is 416 g/mol. The summed E-state index contributed by atoms with van der Waals surface area (Å²) in [7, 11) is 0. The molecule has 0 aliphatic rings. The third kappa shape index (κ3) is 4.71. The van der Waals surface area contributed by atoms with Crippen molar-refractivity contribution in [1.82, 2.24) is 15.2 Å². The maximum atomic E-state index is 11.9. The van der Waals surface area contributed by atoms with E-state index in [1.54, 1.807) is 22.9 Å². The fourth-order valence-corrected chi connectivity index (χ4v) is 2.89.